The summed E-state index contributed by atoms with van der Waals surface area (Å²) in [6.45, 7) is 1.77. The summed E-state index contributed by atoms with van der Waals surface area (Å²) in [5.41, 5.74) is 3.71. The van der Waals surface area contributed by atoms with Crippen molar-refractivity contribution in [2.75, 3.05) is 6.61 Å². The summed E-state index contributed by atoms with van der Waals surface area (Å²) in [5, 5.41) is 23.3. The molecule has 0 spiro atoms. The van der Waals surface area contributed by atoms with Gasteiger partial charge in [0.1, 0.15) is 21.7 Å². The summed E-state index contributed by atoms with van der Waals surface area (Å²) in [5.74, 6) is -0.170. The Hall–Kier alpha value is -2.06. The maximum atomic E-state index is 11.7. The summed E-state index contributed by atoms with van der Waals surface area (Å²) in [4.78, 5) is 11.7. The molecular formula is C16H14Br2N2O4. The molecule has 2 aromatic rings. The van der Waals surface area contributed by atoms with E-state index in [9.17, 15) is 15.0 Å². The standard InChI is InChI=1S/C16H14Br2N2O4/c1-9-2-4-11(5-3-9)24-8-13(21)20-19-7-10-6-12(17)16(23)14(18)15(10)22/h2-7,22-23H,8H2,1H3,(H,20,21)/b19-7+. The molecule has 6 nitrogen and oxygen atoms in total. The van der Waals surface area contributed by atoms with Gasteiger partial charge in [0.2, 0.25) is 0 Å². The second kappa shape index (κ2) is 8.16. The van der Waals surface area contributed by atoms with Crippen LogP contribution in [-0.2, 0) is 4.79 Å². The highest BCUT2D eigenvalue weighted by molar-refractivity contribution is 9.11. The van der Waals surface area contributed by atoms with Crippen LogP contribution in [0, 0.1) is 6.92 Å². The first-order chi connectivity index (χ1) is 11.4. The van der Waals surface area contributed by atoms with Gasteiger partial charge < -0.3 is 14.9 Å². The van der Waals surface area contributed by atoms with Gasteiger partial charge in [-0.2, -0.15) is 5.10 Å². The van der Waals surface area contributed by atoms with E-state index in [4.69, 9.17) is 4.74 Å². The van der Waals surface area contributed by atoms with Crippen LogP contribution in [0.25, 0.3) is 0 Å². The van der Waals surface area contributed by atoms with E-state index in [0.717, 1.165) is 5.56 Å². The molecule has 0 aliphatic heterocycles. The van der Waals surface area contributed by atoms with Gasteiger partial charge in [-0.1, -0.05) is 17.7 Å². The van der Waals surface area contributed by atoms with Crippen molar-refractivity contribution >= 4 is 44.0 Å². The van der Waals surface area contributed by atoms with Crippen LogP contribution in [0.5, 0.6) is 17.2 Å². The van der Waals surface area contributed by atoms with Gasteiger partial charge in [0.05, 0.1) is 10.7 Å². The zero-order valence-corrected chi connectivity index (χ0v) is 15.8. The number of hydrogen-bond acceptors (Lipinski definition) is 5. The Kier molecular flexibility index (Phi) is 6.22. The average molecular weight is 458 g/mol. The Balaban J connectivity index is 1.92. The molecule has 8 heteroatoms. The van der Waals surface area contributed by atoms with Crippen molar-refractivity contribution in [1.29, 1.82) is 0 Å². The number of hydrazone groups is 1. The normalized spacial score (nSPS) is 10.8. The molecule has 2 rings (SSSR count). The predicted octanol–water partition coefficient (Wildman–Crippen LogP) is 3.46. The summed E-state index contributed by atoms with van der Waals surface area (Å²) in [6, 6.07) is 8.78. The molecule has 0 saturated carbocycles. The minimum absolute atomic E-state index is 0.125. The molecule has 0 aromatic heterocycles. The number of hydrogen-bond donors (Lipinski definition) is 3. The molecule has 0 fully saturated rings. The summed E-state index contributed by atoms with van der Waals surface area (Å²) < 4.78 is 5.83. The lowest BCUT2D eigenvalue weighted by molar-refractivity contribution is -0.123. The molecule has 126 valence electrons. The third kappa shape index (κ3) is 4.72. The molecule has 0 radical (unpaired) electrons. The highest BCUT2D eigenvalue weighted by Gasteiger charge is 2.12. The van der Waals surface area contributed by atoms with Crippen molar-refractivity contribution < 1.29 is 19.7 Å². The van der Waals surface area contributed by atoms with E-state index in [1.165, 1.54) is 12.3 Å². The number of ether oxygens (including phenoxy) is 1. The number of rotatable bonds is 5. The molecule has 3 N–H and O–H groups in total. The second-order valence-corrected chi connectivity index (χ2v) is 6.50. The monoisotopic (exact) mass is 456 g/mol. The largest absolute Gasteiger partial charge is 0.506 e. The predicted molar refractivity (Wildman–Crippen MR) is 97.6 cm³/mol. The fraction of sp³-hybridized carbons (Fsp3) is 0.125. The van der Waals surface area contributed by atoms with Crippen molar-refractivity contribution in [2.45, 2.75) is 6.92 Å². The van der Waals surface area contributed by atoms with E-state index in [2.05, 4.69) is 42.4 Å². The zero-order valence-electron chi connectivity index (χ0n) is 12.6. The van der Waals surface area contributed by atoms with Gasteiger partial charge in [-0.05, 0) is 57.0 Å². The van der Waals surface area contributed by atoms with Crippen LogP contribution in [0.15, 0.2) is 44.4 Å². The van der Waals surface area contributed by atoms with Crippen LogP contribution in [0.2, 0.25) is 0 Å². The molecule has 0 unspecified atom stereocenters. The van der Waals surface area contributed by atoms with Crippen molar-refractivity contribution in [1.82, 2.24) is 5.43 Å². The van der Waals surface area contributed by atoms with E-state index in [0.29, 0.717) is 15.8 Å². The first-order valence-electron chi connectivity index (χ1n) is 6.79. The van der Waals surface area contributed by atoms with Gasteiger partial charge in [-0.25, -0.2) is 5.43 Å². The summed E-state index contributed by atoms with van der Waals surface area (Å²) >= 11 is 6.21. The van der Waals surface area contributed by atoms with Crippen molar-refractivity contribution in [2.24, 2.45) is 5.10 Å². The Morgan fingerprint density at radius 1 is 1.25 bits per heavy atom. The summed E-state index contributed by atoms with van der Waals surface area (Å²) in [6.07, 6.45) is 1.26. The van der Waals surface area contributed by atoms with E-state index in [1.807, 2.05) is 19.1 Å². The van der Waals surface area contributed by atoms with Crippen LogP contribution < -0.4 is 10.2 Å². The van der Waals surface area contributed by atoms with Crippen LogP contribution in [0.1, 0.15) is 11.1 Å². The van der Waals surface area contributed by atoms with Crippen molar-refractivity contribution in [3.05, 3.63) is 50.4 Å². The maximum absolute atomic E-state index is 11.7. The molecule has 1 amide bonds. The van der Waals surface area contributed by atoms with Crippen molar-refractivity contribution in [3.8, 4) is 17.2 Å². The van der Waals surface area contributed by atoms with Crippen LogP contribution in [0.3, 0.4) is 0 Å². The molecule has 0 atom stereocenters. The van der Waals surface area contributed by atoms with Crippen molar-refractivity contribution in [3.63, 3.8) is 0 Å². The van der Waals surface area contributed by atoms with Crippen LogP contribution in [0.4, 0.5) is 0 Å². The molecule has 0 aliphatic carbocycles. The lowest BCUT2D eigenvalue weighted by atomic mass is 10.2. The molecule has 2 aromatic carbocycles. The minimum atomic E-state index is -0.441. The topological polar surface area (TPSA) is 91.2 Å². The average Bonchev–Trinajstić information content (AvgIpc) is 2.57. The maximum Gasteiger partial charge on any atom is 0.277 e. The zero-order chi connectivity index (χ0) is 17.7. The Bertz CT molecular complexity index is 777. The minimum Gasteiger partial charge on any atom is -0.506 e. The number of phenols is 2. The number of aryl methyl sites for hydroxylation is 1. The number of carbonyl (C=O) groups is 1. The number of carbonyl (C=O) groups excluding carboxylic acids is 1. The smallest absolute Gasteiger partial charge is 0.277 e. The molecular weight excluding hydrogens is 444 g/mol. The fourth-order valence-electron chi connectivity index (χ4n) is 1.70. The van der Waals surface area contributed by atoms with Crippen LogP contribution in [-0.4, -0.2) is 28.9 Å². The molecule has 24 heavy (non-hydrogen) atoms. The van der Waals surface area contributed by atoms with E-state index in [-0.39, 0.29) is 22.6 Å². The highest BCUT2D eigenvalue weighted by atomic mass is 79.9. The van der Waals surface area contributed by atoms with Gasteiger partial charge >= 0.3 is 0 Å². The van der Waals surface area contributed by atoms with E-state index < -0.39 is 5.91 Å². The number of nitrogens with zero attached hydrogens (tertiary/aromatic N) is 1. The Morgan fingerprint density at radius 3 is 2.58 bits per heavy atom. The first-order valence-corrected chi connectivity index (χ1v) is 8.38. The van der Waals surface area contributed by atoms with Gasteiger partial charge in [0, 0.05) is 5.56 Å². The number of halogens is 2. The Morgan fingerprint density at radius 2 is 1.92 bits per heavy atom. The first kappa shape index (κ1) is 18.3. The Labute approximate surface area is 155 Å². The quantitative estimate of drug-likeness (QED) is 0.473. The molecule has 0 aliphatic rings. The van der Waals surface area contributed by atoms with Gasteiger partial charge in [0.15, 0.2) is 6.61 Å². The third-order valence-electron chi connectivity index (χ3n) is 2.98. The molecule has 0 bridgehead atoms. The number of aromatic hydroxyl groups is 2. The fourth-order valence-corrected chi connectivity index (χ4v) is 2.86. The third-order valence-corrected chi connectivity index (χ3v) is 4.34. The SMILES string of the molecule is Cc1ccc(OCC(=O)N/N=C/c2cc(Br)c(O)c(Br)c2O)cc1. The lowest BCUT2D eigenvalue weighted by Gasteiger charge is -2.07. The summed E-state index contributed by atoms with van der Waals surface area (Å²) in [7, 11) is 0. The van der Waals surface area contributed by atoms with Gasteiger partial charge in [0.25, 0.3) is 5.91 Å². The highest BCUT2D eigenvalue weighted by Crippen LogP contribution is 2.40. The number of benzene rings is 2. The van der Waals surface area contributed by atoms with Gasteiger partial charge in [-0.3, -0.25) is 4.79 Å². The number of amides is 1. The van der Waals surface area contributed by atoms with E-state index >= 15 is 0 Å². The second-order valence-electron chi connectivity index (χ2n) is 4.85. The number of phenolic OH excluding ortho intramolecular Hbond substituents is 2. The lowest BCUT2D eigenvalue weighted by Crippen LogP contribution is -2.24. The number of nitrogens with one attached hydrogen (secondary N) is 1. The molecule has 0 saturated heterocycles. The van der Waals surface area contributed by atoms with Gasteiger partial charge in [-0.15, -0.1) is 0 Å². The van der Waals surface area contributed by atoms with E-state index in [1.54, 1.807) is 12.1 Å². The molecule has 0 heterocycles. The van der Waals surface area contributed by atoms with Crippen LogP contribution >= 0.6 is 31.9 Å².